The van der Waals surface area contributed by atoms with Crippen molar-refractivity contribution in [1.29, 1.82) is 0 Å². The van der Waals surface area contributed by atoms with Crippen molar-refractivity contribution in [2.45, 2.75) is 54.6 Å². The molecule has 16 heteroatoms. The van der Waals surface area contributed by atoms with E-state index in [2.05, 4.69) is 0 Å². The van der Waals surface area contributed by atoms with Gasteiger partial charge in [-0.25, -0.2) is 0 Å². The number of hydrogen-bond acceptors (Lipinski definition) is 16. The molecule has 4 aliphatic rings. The van der Waals surface area contributed by atoms with Crippen molar-refractivity contribution in [2.24, 2.45) is 0 Å². The third-order valence-corrected chi connectivity index (χ3v) is 12.0. The number of hydrogen-bond donors (Lipinski definition) is 12. The highest BCUT2D eigenvalue weighted by Gasteiger charge is 2.61. The topological polar surface area (TPSA) is 280 Å². The fourth-order valence-corrected chi connectivity index (χ4v) is 9.22. The zero-order valence-corrected chi connectivity index (χ0v) is 31.4. The van der Waals surface area contributed by atoms with E-state index in [9.17, 15) is 61.3 Å². The van der Waals surface area contributed by atoms with Gasteiger partial charge in [-0.15, -0.1) is 0 Å². The van der Waals surface area contributed by atoms with E-state index in [-0.39, 0.29) is 74.3 Å². The number of ether oxygens (including phenoxy) is 4. The molecule has 0 spiro atoms. The summed E-state index contributed by atoms with van der Waals surface area (Å²) in [5.74, 6) is -9.55. The van der Waals surface area contributed by atoms with Crippen LogP contribution in [0.4, 0.5) is 0 Å². The molecule has 0 radical (unpaired) electrons. The Labute approximate surface area is 344 Å². The molecule has 4 aliphatic heterocycles. The summed E-state index contributed by atoms with van der Waals surface area (Å²) in [5.41, 5.74) is 0.451. The average molecular weight is 833 g/mol. The second-order valence-electron chi connectivity index (χ2n) is 15.6. The van der Waals surface area contributed by atoms with Crippen LogP contribution in [0.15, 0.2) is 91.0 Å². The van der Waals surface area contributed by atoms with E-state index in [1.165, 1.54) is 60.7 Å². The number of benzene rings is 6. The standard InChI is InChI=1S/C45H36O16/c46-20-6-1-17(2-7-20)40-30(55)14-23-25(50)15-28(53)34(42(23)58-40)37-35-29(54)16-32-36(43(35)59-41(39(37)56)18-3-8-21(47)9-4-18)38-33-27(52)12-22(48)13-31(33)60-45(61-32,44(38)57)19-5-10-24(49)26(51)11-19/h1-13,15-16,30,37-41,44,46-57H,14H2/t30-,37+,38-,39-,40-,41-,44-,45+/m1/s1. The van der Waals surface area contributed by atoms with E-state index in [1.807, 2.05) is 0 Å². The van der Waals surface area contributed by atoms with Crippen LogP contribution in [0.1, 0.15) is 68.6 Å². The molecule has 0 saturated carbocycles. The molecule has 8 atom stereocenters. The van der Waals surface area contributed by atoms with Crippen molar-refractivity contribution in [2.75, 3.05) is 0 Å². The van der Waals surface area contributed by atoms with Crippen molar-refractivity contribution >= 4 is 0 Å². The summed E-state index contributed by atoms with van der Waals surface area (Å²) in [7, 11) is 0. The van der Waals surface area contributed by atoms with Crippen LogP contribution in [-0.2, 0) is 12.2 Å². The minimum absolute atomic E-state index is 0.00981. The van der Waals surface area contributed by atoms with Crippen LogP contribution in [-0.4, -0.2) is 79.6 Å². The molecule has 0 unspecified atom stereocenters. The molecule has 4 heterocycles. The second-order valence-corrected chi connectivity index (χ2v) is 15.6. The Morgan fingerprint density at radius 1 is 0.459 bits per heavy atom. The molecule has 2 bridgehead atoms. The Hall–Kier alpha value is -7.40. The molecular weight excluding hydrogens is 796 g/mol. The second kappa shape index (κ2) is 13.3. The molecule has 6 aromatic rings. The van der Waals surface area contributed by atoms with E-state index in [4.69, 9.17) is 18.9 Å². The van der Waals surface area contributed by atoms with E-state index in [0.29, 0.717) is 11.1 Å². The van der Waals surface area contributed by atoms with Crippen LogP contribution in [0, 0.1) is 0 Å². The molecule has 61 heavy (non-hydrogen) atoms. The summed E-state index contributed by atoms with van der Waals surface area (Å²) in [5, 5.41) is 134. The summed E-state index contributed by atoms with van der Waals surface area (Å²) < 4.78 is 25.8. The highest BCUT2D eigenvalue weighted by atomic mass is 16.7. The van der Waals surface area contributed by atoms with Gasteiger partial charge in [0.2, 0.25) is 0 Å². The smallest absolute Gasteiger partial charge is 0.305 e. The number of phenolic OH excluding ortho intramolecular Hbond substituents is 9. The number of fused-ring (bicyclic) bond motifs is 9. The minimum Gasteiger partial charge on any atom is -0.508 e. The molecule has 0 aromatic heterocycles. The summed E-state index contributed by atoms with van der Waals surface area (Å²) in [6, 6.07) is 19.4. The summed E-state index contributed by atoms with van der Waals surface area (Å²) >= 11 is 0. The van der Waals surface area contributed by atoms with Gasteiger partial charge in [-0.2, -0.15) is 0 Å². The molecule has 10 rings (SSSR count). The van der Waals surface area contributed by atoms with Crippen molar-refractivity contribution in [1.82, 2.24) is 0 Å². The van der Waals surface area contributed by atoms with Crippen molar-refractivity contribution in [3.63, 3.8) is 0 Å². The first kappa shape index (κ1) is 37.8. The quantitative estimate of drug-likeness (QED) is 0.106. The lowest BCUT2D eigenvalue weighted by Crippen LogP contribution is -2.57. The van der Waals surface area contributed by atoms with Crippen LogP contribution < -0.4 is 18.9 Å². The zero-order chi connectivity index (χ0) is 42.8. The number of phenols is 9. The van der Waals surface area contributed by atoms with Gasteiger partial charge in [-0.3, -0.25) is 0 Å². The number of aliphatic hydroxyl groups is 3. The van der Waals surface area contributed by atoms with Crippen LogP contribution >= 0.6 is 0 Å². The Morgan fingerprint density at radius 2 is 1.03 bits per heavy atom. The third kappa shape index (κ3) is 5.56. The van der Waals surface area contributed by atoms with E-state index in [1.54, 1.807) is 0 Å². The molecule has 0 saturated heterocycles. The Bertz CT molecular complexity index is 2770. The Morgan fingerprint density at radius 3 is 1.69 bits per heavy atom. The fourth-order valence-electron chi connectivity index (χ4n) is 9.22. The van der Waals surface area contributed by atoms with E-state index < -0.39 is 88.4 Å². The molecular formula is C45H36O16. The summed E-state index contributed by atoms with van der Waals surface area (Å²) in [6.07, 6.45) is -7.41. The maximum Gasteiger partial charge on any atom is 0.305 e. The highest BCUT2D eigenvalue weighted by Crippen LogP contribution is 2.65. The maximum absolute atomic E-state index is 12.5. The molecule has 0 amide bonds. The lowest BCUT2D eigenvalue weighted by molar-refractivity contribution is -0.219. The van der Waals surface area contributed by atoms with Crippen LogP contribution in [0.2, 0.25) is 0 Å². The first-order chi connectivity index (χ1) is 29.1. The minimum atomic E-state index is -2.26. The molecule has 16 nitrogen and oxygen atoms in total. The largest absolute Gasteiger partial charge is 0.508 e. The SMILES string of the molecule is Oc1ccc([C@H]2Oc3c(c(O)cc4c3[C@H]3c5c(O)cc(O)cc5O[C@@](c5ccc(O)c(O)c5)(O4)[C@@H]3O)[C@H](c3c(O)cc(O)c4c3O[C@H](c3ccc(O)cc3)[C@H](O)C4)[C@H]2O)cc1. The first-order valence-corrected chi connectivity index (χ1v) is 19.0. The van der Waals surface area contributed by atoms with Crippen molar-refractivity contribution < 1.29 is 80.2 Å². The molecule has 12 N–H and O–H groups in total. The maximum atomic E-state index is 12.5. The lowest BCUT2D eigenvalue weighted by Gasteiger charge is -2.51. The van der Waals surface area contributed by atoms with Gasteiger partial charge < -0.3 is 80.2 Å². The predicted molar refractivity (Wildman–Crippen MR) is 209 cm³/mol. The van der Waals surface area contributed by atoms with Gasteiger partial charge in [0.05, 0.1) is 17.9 Å². The van der Waals surface area contributed by atoms with Crippen molar-refractivity contribution in [3.8, 4) is 74.7 Å². The van der Waals surface area contributed by atoms with Gasteiger partial charge in [0.1, 0.15) is 81.6 Å². The number of rotatable bonds is 4. The first-order valence-electron chi connectivity index (χ1n) is 19.0. The van der Waals surface area contributed by atoms with Gasteiger partial charge in [-0.1, -0.05) is 24.3 Å². The fraction of sp³-hybridized carbons (Fsp3) is 0.200. The normalized spacial score (nSPS) is 25.6. The number of aliphatic hydroxyl groups excluding tert-OH is 3. The van der Waals surface area contributed by atoms with Crippen LogP contribution in [0.3, 0.4) is 0 Å². The lowest BCUT2D eigenvalue weighted by atomic mass is 9.71. The van der Waals surface area contributed by atoms with Gasteiger partial charge in [0.15, 0.2) is 17.6 Å². The summed E-state index contributed by atoms with van der Waals surface area (Å²) in [4.78, 5) is 0. The van der Waals surface area contributed by atoms with E-state index in [0.717, 1.165) is 30.3 Å². The van der Waals surface area contributed by atoms with Gasteiger partial charge in [0.25, 0.3) is 0 Å². The Kier molecular flexibility index (Phi) is 8.25. The Balaban J connectivity index is 1.24. The molecule has 312 valence electrons. The highest BCUT2D eigenvalue weighted by molar-refractivity contribution is 5.72. The monoisotopic (exact) mass is 832 g/mol. The molecule has 0 fully saturated rings. The molecule has 6 aromatic carbocycles. The van der Waals surface area contributed by atoms with Gasteiger partial charge in [-0.05, 0) is 53.6 Å². The number of aromatic hydroxyl groups is 9. The average Bonchev–Trinajstić information content (AvgIpc) is 3.20. The van der Waals surface area contributed by atoms with Gasteiger partial charge >= 0.3 is 5.79 Å². The third-order valence-electron chi connectivity index (χ3n) is 12.0. The molecule has 0 aliphatic carbocycles. The van der Waals surface area contributed by atoms with Crippen LogP contribution in [0.5, 0.6) is 74.7 Å². The van der Waals surface area contributed by atoms with Crippen LogP contribution in [0.25, 0.3) is 0 Å². The van der Waals surface area contributed by atoms with E-state index >= 15 is 0 Å². The van der Waals surface area contributed by atoms with Crippen molar-refractivity contribution in [3.05, 3.63) is 136 Å². The van der Waals surface area contributed by atoms with Gasteiger partial charge in [0, 0.05) is 64.1 Å². The predicted octanol–water partition coefficient (Wildman–Crippen LogP) is 4.83. The zero-order valence-electron chi connectivity index (χ0n) is 31.4. The summed E-state index contributed by atoms with van der Waals surface area (Å²) in [6.45, 7) is 0.